The van der Waals surface area contributed by atoms with Gasteiger partial charge in [0.15, 0.2) is 0 Å². The zero-order chi connectivity index (χ0) is 10.9. The Kier molecular flexibility index (Phi) is 3.23. The first-order chi connectivity index (χ1) is 6.34. The Labute approximate surface area is 94.0 Å². The third kappa shape index (κ3) is 2.28. The molecular formula is C11H12Cl2O. The van der Waals surface area contributed by atoms with E-state index in [2.05, 4.69) is 0 Å². The maximum Gasteiger partial charge on any atom is 0.139 e. The number of hydrogen-bond acceptors (Lipinski definition) is 1. The molecule has 0 heterocycles. The largest absolute Gasteiger partial charge is 0.299 e. The summed E-state index contributed by atoms with van der Waals surface area (Å²) in [4.78, 5) is 11.4. The van der Waals surface area contributed by atoms with E-state index in [1.54, 1.807) is 25.1 Å². The lowest BCUT2D eigenvalue weighted by molar-refractivity contribution is -0.121. The van der Waals surface area contributed by atoms with E-state index in [0.717, 1.165) is 5.56 Å². The van der Waals surface area contributed by atoms with Gasteiger partial charge in [0.2, 0.25) is 0 Å². The quantitative estimate of drug-likeness (QED) is 0.755. The zero-order valence-electron chi connectivity index (χ0n) is 8.40. The Balaban J connectivity index is 3.25. The number of Topliss-reactive ketones (excluding diaryl/α,β-unsaturated/α-hetero) is 1. The SMILES string of the molecule is CC(=O)C(C)(C)c1cc(Cl)cc(Cl)c1. The molecule has 0 saturated carbocycles. The zero-order valence-corrected chi connectivity index (χ0v) is 9.91. The minimum absolute atomic E-state index is 0.0934. The Morgan fingerprint density at radius 2 is 1.57 bits per heavy atom. The monoisotopic (exact) mass is 230 g/mol. The van der Waals surface area contributed by atoms with Gasteiger partial charge in [-0.2, -0.15) is 0 Å². The summed E-state index contributed by atoms with van der Waals surface area (Å²) in [6.45, 7) is 5.28. The van der Waals surface area contributed by atoms with Gasteiger partial charge in [-0.1, -0.05) is 23.2 Å². The van der Waals surface area contributed by atoms with Crippen molar-refractivity contribution in [3.8, 4) is 0 Å². The summed E-state index contributed by atoms with van der Waals surface area (Å²) >= 11 is 11.7. The van der Waals surface area contributed by atoms with Gasteiger partial charge in [-0.25, -0.2) is 0 Å². The third-order valence-corrected chi connectivity index (χ3v) is 2.90. The molecule has 1 aromatic rings. The minimum Gasteiger partial charge on any atom is -0.299 e. The maximum absolute atomic E-state index is 11.4. The first-order valence-corrected chi connectivity index (χ1v) is 5.07. The highest BCUT2D eigenvalue weighted by Gasteiger charge is 2.26. The summed E-state index contributed by atoms with van der Waals surface area (Å²) < 4.78 is 0. The van der Waals surface area contributed by atoms with Crippen LogP contribution in [0.15, 0.2) is 18.2 Å². The summed E-state index contributed by atoms with van der Waals surface area (Å²) in [6.07, 6.45) is 0. The first kappa shape index (κ1) is 11.5. The Morgan fingerprint density at radius 3 is 1.93 bits per heavy atom. The maximum atomic E-state index is 11.4. The fourth-order valence-corrected chi connectivity index (χ4v) is 1.64. The van der Waals surface area contributed by atoms with E-state index >= 15 is 0 Å². The van der Waals surface area contributed by atoms with Gasteiger partial charge in [0.25, 0.3) is 0 Å². The average Bonchev–Trinajstić information content (AvgIpc) is 2.01. The molecule has 1 aromatic carbocycles. The van der Waals surface area contributed by atoms with Crippen LogP contribution in [0, 0.1) is 0 Å². The number of hydrogen-bond donors (Lipinski definition) is 0. The molecule has 1 nitrogen and oxygen atoms in total. The predicted molar refractivity (Wildman–Crippen MR) is 60.2 cm³/mol. The van der Waals surface area contributed by atoms with E-state index in [4.69, 9.17) is 23.2 Å². The van der Waals surface area contributed by atoms with Gasteiger partial charge in [0, 0.05) is 15.5 Å². The lowest BCUT2D eigenvalue weighted by Crippen LogP contribution is -2.26. The molecule has 0 saturated heterocycles. The Hall–Kier alpha value is -0.530. The van der Waals surface area contributed by atoms with Crippen molar-refractivity contribution in [1.29, 1.82) is 0 Å². The first-order valence-electron chi connectivity index (χ1n) is 4.31. The molecule has 14 heavy (non-hydrogen) atoms. The van der Waals surface area contributed by atoms with Crippen LogP contribution in [0.3, 0.4) is 0 Å². The van der Waals surface area contributed by atoms with E-state index in [0.29, 0.717) is 10.0 Å². The molecule has 0 aliphatic heterocycles. The standard InChI is InChI=1S/C11H12Cl2O/c1-7(14)11(2,3)8-4-9(12)6-10(13)5-8/h4-6H,1-3H3. The second kappa shape index (κ2) is 3.92. The summed E-state index contributed by atoms with van der Waals surface area (Å²) in [7, 11) is 0. The van der Waals surface area contributed by atoms with Crippen molar-refractivity contribution in [2.45, 2.75) is 26.2 Å². The van der Waals surface area contributed by atoms with Gasteiger partial charge >= 0.3 is 0 Å². The van der Waals surface area contributed by atoms with Crippen LogP contribution in [0.25, 0.3) is 0 Å². The van der Waals surface area contributed by atoms with E-state index in [1.807, 2.05) is 13.8 Å². The van der Waals surface area contributed by atoms with Crippen LogP contribution in [0.1, 0.15) is 26.3 Å². The van der Waals surface area contributed by atoms with Crippen LogP contribution in [0.4, 0.5) is 0 Å². The smallest absolute Gasteiger partial charge is 0.139 e. The highest BCUT2D eigenvalue weighted by atomic mass is 35.5. The lowest BCUT2D eigenvalue weighted by atomic mass is 9.81. The number of carbonyl (C=O) groups is 1. The van der Waals surface area contributed by atoms with Crippen LogP contribution < -0.4 is 0 Å². The molecule has 0 spiro atoms. The minimum atomic E-state index is -0.533. The van der Waals surface area contributed by atoms with Gasteiger partial charge in [0.1, 0.15) is 5.78 Å². The molecular weight excluding hydrogens is 219 g/mol. The van der Waals surface area contributed by atoms with Crippen LogP contribution in [0.2, 0.25) is 10.0 Å². The predicted octanol–water partition coefficient (Wildman–Crippen LogP) is 3.86. The van der Waals surface area contributed by atoms with Gasteiger partial charge < -0.3 is 0 Å². The number of halogens is 2. The lowest BCUT2D eigenvalue weighted by Gasteiger charge is -2.22. The summed E-state index contributed by atoms with van der Waals surface area (Å²) in [5, 5.41) is 1.11. The Bertz CT molecular complexity index is 349. The number of ketones is 1. The molecule has 0 bridgehead atoms. The van der Waals surface area contributed by atoms with Gasteiger partial charge in [-0.3, -0.25) is 4.79 Å². The van der Waals surface area contributed by atoms with Crippen LogP contribution in [-0.4, -0.2) is 5.78 Å². The molecule has 0 fully saturated rings. The average molecular weight is 231 g/mol. The molecule has 0 atom stereocenters. The van der Waals surface area contributed by atoms with Crippen molar-refractivity contribution in [1.82, 2.24) is 0 Å². The number of carbonyl (C=O) groups excluding carboxylic acids is 1. The summed E-state index contributed by atoms with van der Waals surface area (Å²) in [5.74, 6) is 0.0934. The van der Waals surface area contributed by atoms with E-state index in [9.17, 15) is 4.79 Å². The molecule has 0 aromatic heterocycles. The number of rotatable bonds is 2. The highest BCUT2D eigenvalue weighted by molar-refractivity contribution is 6.34. The second-order valence-electron chi connectivity index (χ2n) is 3.84. The van der Waals surface area contributed by atoms with Crippen molar-refractivity contribution in [3.63, 3.8) is 0 Å². The molecule has 0 radical (unpaired) electrons. The Morgan fingerprint density at radius 1 is 1.14 bits per heavy atom. The second-order valence-corrected chi connectivity index (χ2v) is 4.71. The van der Waals surface area contributed by atoms with Crippen molar-refractivity contribution in [3.05, 3.63) is 33.8 Å². The molecule has 76 valence electrons. The summed E-state index contributed by atoms with van der Waals surface area (Å²) in [6, 6.07) is 5.20. The molecule has 0 N–H and O–H groups in total. The molecule has 0 aliphatic rings. The highest BCUT2D eigenvalue weighted by Crippen LogP contribution is 2.29. The molecule has 1 rings (SSSR count). The van der Waals surface area contributed by atoms with Crippen LogP contribution in [0.5, 0.6) is 0 Å². The van der Waals surface area contributed by atoms with E-state index < -0.39 is 5.41 Å². The van der Waals surface area contributed by atoms with Crippen LogP contribution >= 0.6 is 23.2 Å². The van der Waals surface area contributed by atoms with Gasteiger partial charge in [-0.05, 0) is 44.5 Å². The number of benzene rings is 1. The third-order valence-electron chi connectivity index (χ3n) is 2.46. The molecule has 0 unspecified atom stereocenters. The van der Waals surface area contributed by atoms with Crippen molar-refractivity contribution in [2.75, 3.05) is 0 Å². The molecule has 3 heteroatoms. The normalized spacial score (nSPS) is 11.5. The van der Waals surface area contributed by atoms with Gasteiger partial charge in [0.05, 0.1) is 0 Å². The van der Waals surface area contributed by atoms with Crippen LogP contribution in [-0.2, 0) is 10.2 Å². The topological polar surface area (TPSA) is 17.1 Å². The fourth-order valence-electron chi connectivity index (χ4n) is 1.12. The van der Waals surface area contributed by atoms with E-state index in [1.165, 1.54) is 0 Å². The van der Waals surface area contributed by atoms with Crippen molar-refractivity contribution >= 4 is 29.0 Å². The summed E-state index contributed by atoms with van der Waals surface area (Å²) in [5.41, 5.74) is 0.316. The van der Waals surface area contributed by atoms with Crippen molar-refractivity contribution in [2.24, 2.45) is 0 Å². The van der Waals surface area contributed by atoms with E-state index in [-0.39, 0.29) is 5.78 Å². The van der Waals surface area contributed by atoms with Gasteiger partial charge in [-0.15, -0.1) is 0 Å². The molecule has 0 amide bonds. The fraction of sp³-hybridized carbons (Fsp3) is 0.364. The van der Waals surface area contributed by atoms with Crippen molar-refractivity contribution < 1.29 is 4.79 Å². The molecule has 0 aliphatic carbocycles.